The highest BCUT2D eigenvalue weighted by Gasteiger charge is 2.22. The molecular weight excluding hydrogens is 458 g/mol. The number of carbonyl (C=O) groups excluding carboxylic acids is 2. The van der Waals surface area contributed by atoms with Crippen LogP contribution in [-0.4, -0.2) is 48.3 Å². The van der Waals surface area contributed by atoms with Gasteiger partial charge in [0.15, 0.2) is 0 Å². The number of aromatic nitrogens is 3. The van der Waals surface area contributed by atoms with E-state index < -0.39 is 27.9 Å². The van der Waals surface area contributed by atoms with Gasteiger partial charge in [0.25, 0.3) is 0 Å². The maximum Gasteiger partial charge on any atom is 0.248 e. The van der Waals surface area contributed by atoms with Crippen LogP contribution in [0.2, 0.25) is 0 Å². The minimum atomic E-state index is -3.98. The van der Waals surface area contributed by atoms with Crippen molar-refractivity contribution in [2.45, 2.75) is 37.4 Å². The van der Waals surface area contributed by atoms with Crippen molar-refractivity contribution in [2.75, 3.05) is 7.05 Å². The number of hydrogen-bond acceptors (Lipinski definition) is 7. The zero-order valence-corrected chi connectivity index (χ0v) is 19.8. The Morgan fingerprint density at radius 2 is 1.76 bits per heavy atom. The molecular formula is C22H27N7O4S. The summed E-state index contributed by atoms with van der Waals surface area (Å²) < 4.78 is 29.2. The maximum atomic E-state index is 12.6. The summed E-state index contributed by atoms with van der Waals surface area (Å²) >= 11 is 0. The van der Waals surface area contributed by atoms with Gasteiger partial charge < -0.3 is 16.4 Å². The molecule has 0 saturated carbocycles. The van der Waals surface area contributed by atoms with Crippen LogP contribution in [0, 0.1) is 0 Å². The summed E-state index contributed by atoms with van der Waals surface area (Å²) in [6.45, 7) is 3.57. The normalized spacial score (nSPS) is 13.3. The van der Waals surface area contributed by atoms with E-state index in [0.29, 0.717) is 0 Å². The Labute approximate surface area is 197 Å². The number of para-hydroxylation sites is 1. The van der Waals surface area contributed by atoms with E-state index in [9.17, 15) is 18.0 Å². The zero-order chi connectivity index (χ0) is 24.9. The van der Waals surface area contributed by atoms with E-state index in [-0.39, 0.29) is 23.0 Å². The molecule has 0 aliphatic heterocycles. The van der Waals surface area contributed by atoms with E-state index in [2.05, 4.69) is 25.7 Å². The molecule has 0 fully saturated rings. The van der Waals surface area contributed by atoms with Crippen LogP contribution in [0.5, 0.6) is 0 Å². The summed E-state index contributed by atoms with van der Waals surface area (Å²) in [7, 11) is -2.15. The Hall–Kier alpha value is -3.61. The predicted molar refractivity (Wildman–Crippen MR) is 125 cm³/mol. The smallest absolute Gasteiger partial charge is 0.248 e. The van der Waals surface area contributed by atoms with Crippen LogP contribution in [0.25, 0.3) is 5.69 Å². The van der Waals surface area contributed by atoms with E-state index in [1.165, 1.54) is 31.2 Å². The van der Waals surface area contributed by atoms with Crippen molar-refractivity contribution in [1.29, 1.82) is 0 Å². The number of amides is 2. The van der Waals surface area contributed by atoms with Gasteiger partial charge in [0.05, 0.1) is 28.5 Å². The van der Waals surface area contributed by atoms with Crippen LogP contribution >= 0.6 is 0 Å². The second kappa shape index (κ2) is 10.5. The highest BCUT2D eigenvalue weighted by atomic mass is 32.2. The van der Waals surface area contributed by atoms with Crippen LogP contribution in [0.3, 0.4) is 0 Å². The van der Waals surface area contributed by atoms with Gasteiger partial charge in [-0.05, 0) is 56.8 Å². The number of nitrogens with one attached hydrogen (secondary N) is 3. The molecule has 2 aromatic carbocycles. The number of sulfonamides is 1. The fraction of sp³-hybridized carbons (Fsp3) is 0.273. The first-order chi connectivity index (χ1) is 16.1. The number of hydrogen-bond donors (Lipinski definition) is 4. The van der Waals surface area contributed by atoms with Gasteiger partial charge in [0.2, 0.25) is 21.8 Å². The molecule has 2 amide bonds. The minimum Gasteiger partial charge on any atom is -0.366 e. The summed E-state index contributed by atoms with van der Waals surface area (Å²) in [5.41, 5.74) is 7.65. The highest BCUT2D eigenvalue weighted by molar-refractivity contribution is 7.89. The van der Waals surface area contributed by atoms with E-state index in [0.717, 1.165) is 16.9 Å². The molecule has 180 valence electrons. The van der Waals surface area contributed by atoms with Gasteiger partial charge >= 0.3 is 0 Å². The third-order valence-electron chi connectivity index (χ3n) is 5.25. The van der Waals surface area contributed by atoms with Gasteiger partial charge in [-0.25, -0.2) is 13.1 Å². The third-order valence-corrected chi connectivity index (χ3v) is 6.81. The summed E-state index contributed by atoms with van der Waals surface area (Å²) in [6.07, 6.45) is 1.81. The molecule has 0 saturated heterocycles. The lowest BCUT2D eigenvalue weighted by Crippen LogP contribution is -2.44. The second-order valence-electron chi connectivity index (χ2n) is 7.68. The minimum absolute atomic E-state index is 0.0292. The summed E-state index contributed by atoms with van der Waals surface area (Å²) in [6, 6.07) is 11.5. The molecule has 0 aliphatic carbocycles. The van der Waals surface area contributed by atoms with Crippen LogP contribution in [0.1, 0.15) is 41.5 Å². The monoisotopic (exact) mass is 485 g/mol. The van der Waals surface area contributed by atoms with Crippen molar-refractivity contribution in [2.24, 2.45) is 5.73 Å². The number of carbonyl (C=O) groups is 2. The molecule has 1 aromatic heterocycles. The summed E-state index contributed by atoms with van der Waals surface area (Å²) in [4.78, 5) is 23.7. The Morgan fingerprint density at radius 1 is 1.09 bits per heavy atom. The highest BCUT2D eigenvalue weighted by Crippen LogP contribution is 2.16. The van der Waals surface area contributed by atoms with Gasteiger partial charge in [0.1, 0.15) is 0 Å². The van der Waals surface area contributed by atoms with Crippen molar-refractivity contribution >= 4 is 21.8 Å². The van der Waals surface area contributed by atoms with Crippen LogP contribution < -0.4 is 21.1 Å². The molecule has 0 spiro atoms. The van der Waals surface area contributed by atoms with Crippen molar-refractivity contribution in [1.82, 2.24) is 30.3 Å². The zero-order valence-electron chi connectivity index (χ0n) is 19.0. The van der Waals surface area contributed by atoms with Gasteiger partial charge in [-0.15, -0.1) is 5.10 Å². The fourth-order valence-corrected chi connectivity index (χ4v) is 4.32. The van der Waals surface area contributed by atoms with Crippen molar-refractivity contribution in [3.05, 3.63) is 71.5 Å². The lowest BCUT2D eigenvalue weighted by Gasteiger charge is -2.16. The lowest BCUT2D eigenvalue weighted by molar-refractivity contribution is -0.122. The van der Waals surface area contributed by atoms with Gasteiger partial charge in [-0.2, -0.15) is 4.72 Å². The van der Waals surface area contributed by atoms with Gasteiger partial charge in [-0.3, -0.25) is 9.59 Å². The molecule has 5 N–H and O–H groups in total. The molecule has 0 bridgehead atoms. The quantitative estimate of drug-likeness (QED) is 0.327. The van der Waals surface area contributed by atoms with E-state index >= 15 is 0 Å². The molecule has 12 heteroatoms. The molecule has 3 aromatic rings. The number of rotatable bonds is 10. The van der Waals surface area contributed by atoms with E-state index in [4.69, 9.17) is 5.73 Å². The average Bonchev–Trinajstić information content (AvgIpc) is 3.32. The standard InChI is InChI=1S/C22H27N7O4S/c1-14(24-3)19-13-29(28-26-19)20-7-5-4-6-17(20)12-25-22(31)15(2)27-34(32,33)18-10-8-16(9-11-18)21(23)30/h4-11,13-15,24,27H,12H2,1-3H3,(H2,23,30)(H,25,31). The second-order valence-corrected chi connectivity index (χ2v) is 9.39. The van der Waals surface area contributed by atoms with Crippen molar-refractivity contribution in [3.8, 4) is 5.69 Å². The molecule has 2 atom stereocenters. The Morgan fingerprint density at radius 3 is 2.41 bits per heavy atom. The largest absolute Gasteiger partial charge is 0.366 e. The fourth-order valence-electron chi connectivity index (χ4n) is 3.11. The Bertz CT molecular complexity index is 1270. The molecule has 34 heavy (non-hydrogen) atoms. The number of benzene rings is 2. The molecule has 1 heterocycles. The molecule has 2 unspecified atom stereocenters. The van der Waals surface area contributed by atoms with E-state index in [1.54, 1.807) is 4.68 Å². The number of primary amides is 1. The van der Waals surface area contributed by atoms with Crippen molar-refractivity contribution < 1.29 is 18.0 Å². The topological polar surface area (TPSA) is 161 Å². The predicted octanol–water partition coefficient (Wildman–Crippen LogP) is 0.630. The average molecular weight is 486 g/mol. The first-order valence-corrected chi connectivity index (χ1v) is 12.0. The Kier molecular flexibility index (Phi) is 7.76. The number of nitrogens with zero attached hydrogens (tertiary/aromatic N) is 3. The Balaban J connectivity index is 1.66. The molecule has 3 rings (SSSR count). The van der Waals surface area contributed by atoms with Crippen LogP contribution in [0.15, 0.2) is 59.6 Å². The summed E-state index contributed by atoms with van der Waals surface area (Å²) in [5.74, 6) is -1.17. The van der Waals surface area contributed by atoms with Crippen LogP contribution in [-0.2, 0) is 21.4 Å². The maximum absolute atomic E-state index is 12.6. The first-order valence-electron chi connectivity index (χ1n) is 10.5. The van der Waals surface area contributed by atoms with Crippen LogP contribution in [0.4, 0.5) is 0 Å². The first kappa shape index (κ1) is 25.0. The molecule has 11 nitrogen and oxygen atoms in total. The van der Waals surface area contributed by atoms with Crippen molar-refractivity contribution in [3.63, 3.8) is 0 Å². The number of nitrogens with two attached hydrogens (primary N) is 1. The SMILES string of the molecule is CNC(C)c1cn(-c2ccccc2CNC(=O)C(C)NS(=O)(=O)c2ccc(C(N)=O)cc2)nn1. The molecule has 0 radical (unpaired) electrons. The molecule has 0 aliphatic rings. The lowest BCUT2D eigenvalue weighted by atomic mass is 10.1. The summed E-state index contributed by atoms with van der Waals surface area (Å²) in [5, 5.41) is 14.2. The van der Waals surface area contributed by atoms with Gasteiger partial charge in [0, 0.05) is 18.2 Å². The van der Waals surface area contributed by atoms with Gasteiger partial charge in [-0.1, -0.05) is 23.4 Å². The third kappa shape index (κ3) is 5.84. The van der Waals surface area contributed by atoms with E-state index in [1.807, 2.05) is 44.4 Å².